The van der Waals surface area contributed by atoms with Crippen LogP contribution >= 0.6 is 0 Å². The number of rotatable bonds is 6. The molecular formula is C38H43N5O7. The number of anilines is 2. The Kier molecular flexibility index (Phi) is 12.9. The van der Waals surface area contributed by atoms with Crippen molar-refractivity contribution in [2.24, 2.45) is 21.1 Å². The molecule has 0 radical (unpaired) electrons. The number of ether oxygens (including phenoxy) is 2. The topological polar surface area (TPSA) is 143 Å². The highest BCUT2D eigenvalue weighted by Gasteiger charge is 2.17. The van der Waals surface area contributed by atoms with E-state index in [1.54, 1.807) is 22.2 Å². The summed E-state index contributed by atoms with van der Waals surface area (Å²) >= 11 is 0. The number of nitrogens with zero attached hydrogens (tertiary/aromatic N) is 3. The van der Waals surface area contributed by atoms with E-state index in [2.05, 4.69) is 34.4 Å². The first-order valence-electron chi connectivity index (χ1n) is 15.6. The number of hydrogen-bond donors (Lipinski definition) is 2. The summed E-state index contributed by atoms with van der Waals surface area (Å²) in [6.45, 7) is 9.55. The summed E-state index contributed by atoms with van der Waals surface area (Å²) in [5.74, 6) is -0.526. The second-order valence-electron chi connectivity index (χ2n) is 12.5. The van der Waals surface area contributed by atoms with E-state index in [0.717, 1.165) is 27.9 Å². The van der Waals surface area contributed by atoms with Gasteiger partial charge < -0.3 is 28.5 Å². The molecule has 0 aliphatic carbocycles. The number of aromatic nitrogens is 3. The molecule has 5 rings (SSSR count). The zero-order valence-electron chi connectivity index (χ0n) is 29.8. The van der Waals surface area contributed by atoms with Crippen LogP contribution in [0, 0.1) is 13.8 Å². The molecule has 0 aliphatic rings. The lowest BCUT2D eigenvalue weighted by Crippen LogP contribution is -2.27. The van der Waals surface area contributed by atoms with Crippen molar-refractivity contribution in [3.05, 3.63) is 108 Å². The van der Waals surface area contributed by atoms with Crippen molar-refractivity contribution in [3.63, 3.8) is 0 Å². The molecule has 0 fully saturated rings. The van der Waals surface area contributed by atoms with Gasteiger partial charge in [-0.05, 0) is 99.3 Å². The molecule has 0 unspecified atom stereocenters. The molecule has 5 aromatic rings. The number of methoxy groups -OCH3 is 1. The van der Waals surface area contributed by atoms with E-state index in [1.807, 2.05) is 109 Å². The lowest BCUT2D eigenvalue weighted by molar-refractivity contribution is -0.191. The number of nitrogens with one attached hydrogen (secondary N) is 2. The van der Waals surface area contributed by atoms with Gasteiger partial charge in [-0.15, -0.1) is 0 Å². The monoisotopic (exact) mass is 681 g/mol. The third-order valence-corrected chi connectivity index (χ3v) is 7.37. The molecule has 0 aliphatic heterocycles. The van der Waals surface area contributed by atoms with Gasteiger partial charge in [-0.2, -0.15) is 9.59 Å². The largest absolute Gasteiger partial charge is 0.464 e. The van der Waals surface area contributed by atoms with Crippen LogP contribution in [-0.2, 0) is 40.2 Å². The number of benzene rings is 2. The number of aryl methyl sites for hydroxylation is 5. The fraction of sp³-hybridized carbons (Fsp3) is 0.263. The van der Waals surface area contributed by atoms with Gasteiger partial charge in [0.2, 0.25) is 0 Å². The van der Waals surface area contributed by atoms with E-state index in [-0.39, 0.29) is 18.0 Å². The van der Waals surface area contributed by atoms with Crippen molar-refractivity contribution in [2.45, 2.75) is 40.2 Å². The van der Waals surface area contributed by atoms with E-state index < -0.39 is 11.7 Å². The van der Waals surface area contributed by atoms with Crippen molar-refractivity contribution in [1.82, 2.24) is 13.7 Å². The van der Waals surface area contributed by atoms with Crippen molar-refractivity contribution >= 4 is 35.5 Å². The summed E-state index contributed by atoms with van der Waals surface area (Å²) in [5.41, 5.74) is 8.42. The molecule has 0 saturated carbocycles. The number of carbonyl (C=O) groups is 3. The maximum absolute atomic E-state index is 12.4. The first-order valence-corrected chi connectivity index (χ1v) is 15.6. The van der Waals surface area contributed by atoms with Crippen LogP contribution in [0.5, 0.6) is 0 Å². The van der Waals surface area contributed by atoms with Crippen LogP contribution in [-0.4, -0.2) is 50.5 Å². The highest BCUT2D eigenvalue weighted by atomic mass is 16.6. The molecule has 0 atom stereocenters. The maximum atomic E-state index is 12.4. The van der Waals surface area contributed by atoms with Gasteiger partial charge in [-0.3, -0.25) is 10.1 Å². The van der Waals surface area contributed by atoms with Crippen molar-refractivity contribution in [3.8, 4) is 22.3 Å². The molecule has 12 nitrogen and oxygen atoms in total. The quantitative estimate of drug-likeness (QED) is 0.181. The fourth-order valence-electron chi connectivity index (χ4n) is 4.93. The van der Waals surface area contributed by atoms with Crippen LogP contribution in [0.1, 0.15) is 53.0 Å². The molecule has 2 amide bonds. The number of amides is 2. The predicted octanol–water partition coefficient (Wildman–Crippen LogP) is 7.14. The highest BCUT2D eigenvalue weighted by Crippen LogP contribution is 2.25. The van der Waals surface area contributed by atoms with Gasteiger partial charge in [0.1, 0.15) is 17.0 Å². The zero-order chi connectivity index (χ0) is 37.2. The summed E-state index contributed by atoms with van der Waals surface area (Å²) in [6, 6.07) is 21.0. The smallest absolute Gasteiger partial charge is 0.412 e. The second kappa shape index (κ2) is 16.8. The maximum Gasteiger partial charge on any atom is 0.412 e. The van der Waals surface area contributed by atoms with Crippen LogP contribution in [0.15, 0.2) is 85.3 Å². The molecule has 50 heavy (non-hydrogen) atoms. The van der Waals surface area contributed by atoms with Gasteiger partial charge in [0.05, 0.1) is 7.11 Å². The molecule has 12 heteroatoms. The zero-order valence-corrected chi connectivity index (χ0v) is 29.8. The van der Waals surface area contributed by atoms with E-state index in [4.69, 9.17) is 19.1 Å². The lowest BCUT2D eigenvalue weighted by Gasteiger charge is -2.19. The average Bonchev–Trinajstić information content (AvgIpc) is 3.72. The Labute approximate surface area is 291 Å². The molecule has 3 heterocycles. The van der Waals surface area contributed by atoms with Crippen LogP contribution in [0.3, 0.4) is 0 Å². The predicted molar refractivity (Wildman–Crippen MR) is 191 cm³/mol. The molecule has 2 N–H and O–H groups in total. The minimum Gasteiger partial charge on any atom is -0.464 e. The number of carbonyl (C=O) groups excluding carboxylic acids is 5. The summed E-state index contributed by atoms with van der Waals surface area (Å²) < 4.78 is 15.6. The molecular weight excluding hydrogens is 638 g/mol. The minimum atomic E-state index is -0.494. The van der Waals surface area contributed by atoms with E-state index in [0.29, 0.717) is 17.1 Å². The Morgan fingerprint density at radius 2 is 1.14 bits per heavy atom. The van der Waals surface area contributed by atoms with Gasteiger partial charge in [-0.25, -0.2) is 9.59 Å². The lowest BCUT2D eigenvalue weighted by atomic mass is 10.1. The third-order valence-electron chi connectivity index (χ3n) is 7.37. The Morgan fingerprint density at radius 1 is 0.660 bits per heavy atom. The fourth-order valence-corrected chi connectivity index (χ4v) is 4.93. The summed E-state index contributed by atoms with van der Waals surface area (Å²) in [6.07, 6.45) is 5.68. The van der Waals surface area contributed by atoms with Crippen LogP contribution in [0.25, 0.3) is 22.3 Å². The van der Waals surface area contributed by atoms with E-state index in [1.165, 1.54) is 18.4 Å². The van der Waals surface area contributed by atoms with E-state index in [9.17, 15) is 14.4 Å². The first-order chi connectivity index (χ1) is 23.5. The summed E-state index contributed by atoms with van der Waals surface area (Å²) in [5, 5.41) is 5.62. The molecule has 0 saturated heterocycles. The average molecular weight is 682 g/mol. The standard InChI is InChI=1S/C20H21N3O3.C17H22N2O2.CO2/c1-13-9-17(22(2)11-13)19(24)21-16-7-5-14(6-8-16)15-10-18(20(25)26-4)23(3)12-15;1-12-10-14(11-19(12)5)13-6-8-15(9-7-13)18-16(20)21-17(2,3)4;2-1-3/h5-12H,1-4H3,(H,21,24);6-11H,1-5H3,(H,18,20);. The summed E-state index contributed by atoms with van der Waals surface area (Å²) in [4.78, 5) is 52.0. The van der Waals surface area contributed by atoms with Crippen molar-refractivity contribution in [2.75, 3.05) is 17.7 Å². The highest BCUT2D eigenvalue weighted by molar-refractivity contribution is 6.03. The Balaban J connectivity index is 0.000000256. The normalized spacial score (nSPS) is 10.4. The van der Waals surface area contributed by atoms with Crippen LogP contribution < -0.4 is 10.6 Å². The molecule has 2 aromatic carbocycles. The molecule has 0 spiro atoms. The first kappa shape index (κ1) is 38.3. The van der Waals surface area contributed by atoms with Gasteiger partial charge in [-0.1, -0.05) is 24.3 Å². The van der Waals surface area contributed by atoms with Gasteiger partial charge in [0, 0.05) is 62.4 Å². The second-order valence-corrected chi connectivity index (χ2v) is 12.5. The number of esters is 1. The Hall–Kier alpha value is -6.13. The van der Waals surface area contributed by atoms with Gasteiger partial charge in [0.15, 0.2) is 0 Å². The molecule has 3 aromatic heterocycles. The van der Waals surface area contributed by atoms with Gasteiger partial charge in [0.25, 0.3) is 5.91 Å². The van der Waals surface area contributed by atoms with Crippen LogP contribution in [0.2, 0.25) is 0 Å². The number of hydrogen-bond acceptors (Lipinski definition) is 7. The van der Waals surface area contributed by atoms with Crippen LogP contribution in [0.4, 0.5) is 16.2 Å². The summed E-state index contributed by atoms with van der Waals surface area (Å²) in [7, 11) is 7.03. The molecule has 0 bridgehead atoms. The third kappa shape index (κ3) is 10.7. The van der Waals surface area contributed by atoms with Crippen molar-refractivity contribution in [1.29, 1.82) is 0 Å². The van der Waals surface area contributed by atoms with Gasteiger partial charge >= 0.3 is 18.2 Å². The van der Waals surface area contributed by atoms with E-state index >= 15 is 0 Å². The Morgan fingerprint density at radius 3 is 1.58 bits per heavy atom. The SMILES string of the molecule is COC(=O)c1cc(-c2ccc(NC(=O)c3cc(C)cn3C)cc2)cn1C.Cc1cc(-c2ccc(NC(=O)OC(C)(C)C)cc2)cn1C.O=C=O. The van der Waals surface area contributed by atoms with Crippen molar-refractivity contribution < 1.29 is 33.4 Å². The minimum absolute atomic E-state index is 0.152. The molecule has 262 valence electrons. The Bertz CT molecular complexity index is 1950.